The van der Waals surface area contributed by atoms with Crippen LogP contribution in [0.1, 0.15) is 49.7 Å². The van der Waals surface area contributed by atoms with Crippen molar-refractivity contribution in [3.63, 3.8) is 0 Å². The average molecular weight is 341 g/mol. The maximum absolute atomic E-state index is 12.6. The molecule has 1 saturated heterocycles. The molecule has 1 amide bonds. The number of ether oxygens (including phenoxy) is 1. The standard InChI is InChI=1S/C19H23N3O3/c23-18(11-10-17-20-19(21-25-17)14-8-9-14)22-12-4-5-15(22)13-24-16-6-2-1-3-7-16/h1-3,6-7,14-15H,4-5,8-13H2. The number of nitrogens with zero attached hydrogens (tertiary/aromatic N) is 3. The molecule has 0 bridgehead atoms. The first-order valence-corrected chi connectivity index (χ1v) is 9.09. The summed E-state index contributed by atoms with van der Waals surface area (Å²) in [6.45, 7) is 1.35. The van der Waals surface area contributed by atoms with E-state index in [0.29, 0.717) is 31.3 Å². The Kier molecular flexibility index (Phi) is 4.68. The number of benzene rings is 1. The minimum absolute atomic E-state index is 0.144. The maximum atomic E-state index is 12.6. The second kappa shape index (κ2) is 7.25. The van der Waals surface area contributed by atoms with E-state index >= 15 is 0 Å². The molecule has 6 nitrogen and oxygen atoms in total. The van der Waals surface area contributed by atoms with Crippen molar-refractivity contribution in [1.29, 1.82) is 0 Å². The van der Waals surface area contributed by atoms with Crippen LogP contribution in [0.4, 0.5) is 0 Å². The highest BCUT2D eigenvalue weighted by molar-refractivity contribution is 5.77. The summed E-state index contributed by atoms with van der Waals surface area (Å²) < 4.78 is 11.1. The van der Waals surface area contributed by atoms with Gasteiger partial charge >= 0.3 is 0 Å². The summed E-state index contributed by atoms with van der Waals surface area (Å²) in [6.07, 6.45) is 5.24. The van der Waals surface area contributed by atoms with Gasteiger partial charge in [0.05, 0.1) is 6.04 Å². The number of carbonyl (C=O) groups is 1. The Morgan fingerprint density at radius 3 is 2.88 bits per heavy atom. The van der Waals surface area contributed by atoms with Crippen LogP contribution in [0.3, 0.4) is 0 Å². The zero-order valence-electron chi connectivity index (χ0n) is 14.3. The Bertz CT molecular complexity index is 712. The summed E-state index contributed by atoms with van der Waals surface area (Å²) >= 11 is 0. The van der Waals surface area contributed by atoms with E-state index in [1.165, 1.54) is 0 Å². The second-order valence-electron chi connectivity index (χ2n) is 6.83. The van der Waals surface area contributed by atoms with Crippen LogP contribution >= 0.6 is 0 Å². The SMILES string of the molecule is O=C(CCc1nc(C2CC2)no1)N1CCCC1COc1ccccc1. The number of para-hydroxylation sites is 1. The highest BCUT2D eigenvalue weighted by atomic mass is 16.5. The zero-order valence-corrected chi connectivity index (χ0v) is 14.3. The van der Waals surface area contributed by atoms with Crippen LogP contribution in [0.15, 0.2) is 34.9 Å². The van der Waals surface area contributed by atoms with Gasteiger partial charge in [0.15, 0.2) is 5.82 Å². The maximum Gasteiger partial charge on any atom is 0.227 e. The number of aromatic nitrogens is 2. The van der Waals surface area contributed by atoms with E-state index in [0.717, 1.165) is 43.8 Å². The molecule has 1 aromatic heterocycles. The third-order valence-corrected chi connectivity index (χ3v) is 4.86. The third-order valence-electron chi connectivity index (χ3n) is 4.86. The fraction of sp³-hybridized carbons (Fsp3) is 0.526. The topological polar surface area (TPSA) is 68.5 Å². The van der Waals surface area contributed by atoms with Crippen molar-refractivity contribution in [1.82, 2.24) is 15.0 Å². The number of rotatable bonds is 7. The van der Waals surface area contributed by atoms with Gasteiger partial charge in [-0.25, -0.2) is 0 Å². The lowest BCUT2D eigenvalue weighted by molar-refractivity contribution is -0.132. The molecule has 1 unspecified atom stereocenters. The van der Waals surface area contributed by atoms with E-state index in [9.17, 15) is 4.79 Å². The molecule has 1 aliphatic heterocycles. The van der Waals surface area contributed by atoms with Crippen molar-refractivity contribution in [3.05, 3.63) is 42.0 Å². The molecule has 1 aliphatic carbocycles. The summed E-state index contributed by atoms with van der Waals surface area (Å²) in [5, 5.41) is 4.00. The molecule has 132 valence electrons. The van der Waals surface area contributed by atoms with Crippen LogP contribution in [0.5, 0.6) is 5.75 Å². The normalized spacial score (nSPS) is 20.0. The van der Waals surface area contributed by atoms with Gasteiger partial charge in [0.2, 0.25) is 11.8 Å². The second-order valence-corrected chi connectivity index (χ2v) is 6.83. The van der Waals surface area contributed by atoms with Gasteiger partial charge in [-0.3, -0.25) is 4.79 Å². The number of amides is 1. The summed E-state index contributed by atoms with van der Waals surface area (Å²) in [6, 6.07) is 9.89. The van der Waals surface area contributed by atoms with E-state index in [1.54, 1.807) is 0 Å². The summed E-state index contributed by atoms with van der Waals surface area (Å²) in [5.74, 6) is 2.85. The molecular weight excluding hydrogens is 318 g/mol. The first-order chi connectivity index (χ1) is 12.3. The van der Waals surface area contributed by atoms with Crippen molar-refractivity contribution in [2.75, 3.05) is 13.2 Å². The average Bonchev–Trinajstić information content (AvgIpc) is 3.20. The highest BCUT2D eigenvalue weighted by Gasteiger charge is 2.30. The van der Waals surface area contributed by atoms with Gasteiger partial charge in [-0.15, -0.1) is 0 Å². The predicted octanol–water partition coefficient (Wildman–Crippen LogP) is 2.95. The van der Waals surface area contributed by atoms with E-state index < -0.39 is 0 Å². The largest absolute Gasteiger partial charge is 0.491 e. The summed E-state index contributed by atoms with van der Waals surface area (Å²) in [7, 11) is 0. The molecule has 0 N–H and O–H groups in total. The first kappa shape index (κ1) is 16.1. The molecule has 2 fully saturated rings. The Labute approximate surface area is 147 Å². The van der Waals surface area contributed by atoms with E-state index in [-0.39, 0.29) is 11.9 Å². The minimum atomic E-state index is 0.144. The summed E-state index contributed by atoms with van der Waals surface area (Å²) in [4.78, 5) is 18.9. The Morgan fingerprint density at radius 2 is 2.08 bits per heavy atom. The third kappa shape index (κ3) is 4.00. The van der Waals surface area contributed by atoms with Crippen molar-refractivity contribution in [2.45, 2.75) is 50.5 Å². The van der Waals surface area contributed by atoms with Gasteiger partial charge in [0.25, 0.3) is 0 Å². The fourth-order valence-electron chi connectivity index (χ4n) is 3.28. The van der Waals surface area contributed by atoms with Crippen molar-refractivity contribution >= 4 is 5.91 Å². The summed E-state index contributed by atoms with van der Waals surface area (Å²) in [5.41, 5.74) is 0. The Hall–Kier alpha value is -2.37. The van der Waals surface area contributed by atoms with E-state index in [2.05, 4.69) is 10.1 Å². The molecule has 25 heavy (non-hydrogen) atoms. The lowest BCUT2D eigenvalue weighted by Crippen LogP contribution is -2.39. The van der Waals surface area contributed by atoms with Gasteiger partial charge in [-0.2, -0.15) is 4.98 Å². The quantitative estimate of drug-likeness (QED) is 0.774. The lowest BCUT2D eigenvalue weighted by Gasteiger charge is -2.24. The van der Waals surface area contributed by atoms with Crippen LogP contribution in [0, 0.1) is 0 Å². The molecular formula is C19H23N3O3. The molecule has 1 saturated carbocycles. The van der Waals surface area contributed by atoms with Gasteiger partial charge in [0, 0.05) is 25.3 Å². The first-order valence-electron chi connectivity index (χ1n) is 9.09. The van der Waals surface area contributed by atoms with Crippen molar-refractivity contribution < 1.29 is 14.1 Å². The van der Waals surface area contributed by atoms with Gasteiger partial charge < -0.3 is 14.2 Å². The number of carbonyl (C=O) groups excluding carboxylic acids is 1. The smallest absolute Gasteiger partial charge is 0.227 e. The Morgan fingerprint density at radius 1 is 1.24 bits per heavy atom. The molecule has 6 heteroatoms. The van der Waals surface area contributed by atoms with Crippen molar-refractivity contribution in [2.24, 2.45) is 0 Å². The number of hydrogen-bond acceptors (Lipinski definition) is 5. The molecule has 1 aromatic carbocycles. The molecule has 2 aliphatic rings. The molecule has 2 heterocycles. The molecule has 4 rings (SSSR count). The Balaban J connectivity index is 1.27. The van der Waals surface area contributed by atoms with Gasteiger partial charge in [0.1, 0.15) is 12.4 Å². The number of aryl methyl sites for hydroxylation is 1. The number of likely N-dealkylation sites (tertiary alicyclic amines) is 1. The molecule has 1 atom stereocenters. The lowest BCUT2D eigenvalue weighted by atomic mass is 10.2. The predicted molar refractivity (Wildman–Crippen MR) is 91.3 cm³/mol. The molecule has 0 radical (unpaired) electrons. The zero-order chi connectivity index (χ0) is 17.1. The molecule has 2 aromatic rings. The minimum Gasteiger partial charge on any atom is -0.491 e. The number of hydrogen-bond donors (Lipinski definition) is 0. The fourth-order valence-corrected chi connectivity index (χ4v) is 3.28. The van der Waals surface area contributed by atoms with Crippen LogP contribution in [-0.2, 0) is 11.2 Å². The van der Waals surface area contributed by atoms with E-state index in [4.69, 9.17) is 9.26 Å². The van der Waals surface area contributed by atoms with Gasteiger partial charge in [-0.05, 0) is 37.8 Å². The van der Waals surface area contributed by atoms with Crippen LogP contribution in [0.2, 0.25) is 0 Å². The van der Waals surface area contributed by atoms with Crippen LogP contribution in [-0.4, -0.2) is 40.1 Å². The molecule has 0 spiro atoms. The van der Waals surface area contributed by atoms with Crippen LogP contribution in [0.25, 0.3) is 0 Å². The van der Waals surface area contributed by atoms with Crippen molar-refractivity contribution in [3.8, 4) is 5.75 Å². The van der Waals surface area contributed by atoms with Gasteiger partial charge in [-0.1, -0.05) is 23.4 Å². The highest BCUT2D eigenvalue weighted by Crippen LogP contribution is 2.38. The monoisotopic (exact) mass is 341 g/mol. The van der Waals surface area contributed by atoms with Crippen LogP contribution < -0.4 is 4.74 Å². The van der Waals surface area contributed by atoms with E-state index in [1.807, 2.05) is 35.2 Å².